The number of carbonyl (C=O) groups excluding carboxylic acids is 3. The molecule has 2 aliphatic rings. The van der Waals surface area contributed by atoms with Gasteiger partial charge < -0.3 is 20.6 Å². The Bertz CT molecular complexity index is 1360. The Morgan fingerprint density at radius 1 is 1.25 bits per heavy atom. The van der Waals surface area contributed by atoms with Crippen LogP contribution in [-0.2, 0) is 14.4 Å². The van der Waals surface area contributed by atoms with E-state index >= 15 is 4.39 Å². The number of alkyl halides is 1. The summed E-state index contributed by atoms with van der Waals surface area (Å²) in [7, 11) is 0. The van der Waals surface area contributed by atoms with Crippen LogP contribution >= 0.6 is 11.3 Å². The zero-order chi connectivity index (χ0) is 29.6. The molecular weight excluding hydrogens is 533 g/mol. The number of aryl methyl sites for hydroxylation is 2. The maximum absolute atomic E-state index is 15.3. The van der Waals surface area contributed by atoms with Gasteiger partial charge in [0.05, 0.1) is 34.7 Å². The first-order chi connectivity index (χ1) is 18.7. The molecule has 3 N–H and O–H groups in total. The Morgan fingerprint density at radius 2 is 1.93 bits per heavy atom. The minimum absolute atomic E-state index is 0.389. The molecule has 9 nitrogen and oxygen atoms in total. The first kappa shape index (κ1) is 29.6. The molecule has 1 aromatic carbocycles. The van der Waals surface area contributed by atoms with Crippen molar-refractivity contribution in [3.63, 3.8) is 0 Å². The van der Waals surface area contributed by atoms with Gasteiger partial charge in [0.1, 0.15) is 23.6 Å². The average molecular weight is 570 g/mol. The second-order valence-corrected chi connectivity index (χ2v) is 12.8. The van der Waals surface area contributed by atoms with Crippen LogP contribution in [0, 0.1) is 36.0 Å². The number of aliphatic hydroxyl groups excluding tert-OH is 1. The van der Waals surface area contributed by atoms with E-state index in [4.69, 9.17) is 0 Å². The summed E-state index contributed by atoms with van der Waals surface area (Å²) in [4.78, 5) is 46.3. The SMILES string of the molecule is Cc1cc(-c2scnc2C)ccc1[C@H](C)NC(=O)[C@@H]1[C@@H](F)[C@@H](O)CN1C(=O)[C@@H](NC(=O)C1(C#N)CC1)C(C)(C)C. The number of rotatable bonds is 7. The number of nitrogens with zero attached hydrogens (tertiary/aromatic N) is 3. The minimum atomic E-state index is -2.00. The quantitative estimate of drug-likeness (QED) is 0.468. The van der Waals surface area contributed by atoms with E-state index in [1.807, 2.05) is 38.1 Å². The molecule has 1 aliphatic carbocycles. The number of hydrogen-bond acceptors (Lipinski definition) is 7. The van der Waals surface area contributed by atoms with Gasteiger partial charge >= 0.3 is 0 Å². The predicted octanol–water partition coefficient (Wildman–Crippen LogP) is 3.35. The smallest absolute Gasteiger partial charge is 0.246 e. The van der Waals surface area contributed by atoms with Gasteiger partial charge in [0.15, 0.2) is 6.17 Å². The molecular formula is C29H36FN5O4S. The molecule has 1 aromatic heterocycles. The van der Waals surface area contributed by atoms with E-state index < -0.39 is 59.0 Å². The fourth-order valence-electron chi connectivity index (χ4n) is 5.17. The average Bonchev–Trinajstić information content (AvgIpc) is 3.48. The maximum Gasteiger partial charge on any atom is 0.246 e. The molecule has 0 radical (unpaired) electrons. The van der Waals surface area contributed by atoms with Crippen LogP contribution in [0.5, 0.6) is 0 Å². The molecule has 214 valence electrons. The molecule has 1 saturated heterocycles. The number of likely N-dealkylation sites (tertiary alicyclic amines) is 1. The molecule has 0 spiro atoms. The van der Waals surface area contributed by atoms with Crippen LogP contribution < -0.4 is 10.6 Å². The standard InChI is InChI=1S/C29H36FN5O4S/c1-15-11-18(23-17(3)32-14-40-23)7-8-19(15)16(2)33-25(37)22-21(30)20(36)12-35(22)26(38)24(28(4,5)6)34-27(39)29(13-31)9-10-29/h7-8,11,14,16,20-22,24,36H,9-10,12H2,1-6H3,(H,33,37)(H,34,39)/t16-,20-,21-,22-,24+/m0/s1. The van der Waals surface area contributed by atoms with Gasteiger partial charge in [-0.2, -0.15) is 5.26 Å². The van der Waals surface area contributed by atoms with Crippen molar-refractivity contribution in [3.05, 3.63) is 40.5 Å². The van der Waals surface area contributed by atoms with Gasteiger partial charge in [-0.3, -0.25) is 14.4 Å². The van der Waals surface area contributed by atoms with E-state index in [0.717, 1.165) is 32.2 Å². The number of halogens is 1. The zero-order valence-corrected chi connectivity index (χ0v) is 24.4. The maximum atomic E-state index is 15.3. The van der Waals surface area contributed by atoms with Gasteiger partial charge in [0.2, 0.25) is 17.7 Å². The first-order valence-electron chi connectivity index (χ1n) is 13.4. The van der Waals surface area contributed by atoms with Crippen molar-refractivity contribution in [1.29, 1.82) is 5.26 Å². The van der Waals surface area contributed by atoms with Crippen molar-refractivity contribution >= 4 is 29.1 Å². The summed E-state index contributed by atoms with van der Waals surface area (Å²) >= 11 is 1.54. The van der Waals surface area contributed by atoms with Gasteiger partial charge in [-0.1, -0.05) is 39.0 Å². The van der Waals surface area contributed by atoms with Crippen molar-refractivity contribution in [2.75, 3.05) is 6.54 Å². The molecule has 0 bridgehead atoms. The molecule has 5 atom stereocenters. The summed E-state index contributed by atoms with van der Waals surface area (Å²) < 4.78 is 15.3. The fraction of sp³-hybridized carbons (Fsp3) is 0.552. The Morgan fingerprint density at radius 3 is 2.45 bits per heavy atom. The minimum Gasteiger partial charge on any atom is -0.388 e. The van der Waals surface area contributed by atoms with E-state index in [-0.39, 0.29) is 6.54 Å². The number of nitrogens with one attached hydrogen (secondary N) is 2. The number of aliphatic hydroxyl groups is 1. The van der Waals surface area contributed by atoms with Crippen molar-refractivity contribution in [1.82, 2.24) is 20.5 Å². The van der Waals surface area contributed by atoms with Crippen LogP contribution in [-0.4, -0.2) is 63.6 Å². The number of aromatic nitrogens is 1. The molecule has 0 unspecified atom stereocenters. The van der Waals surface area contributed by atoms with Crippen molar-refractivity contribution < 1.29 is 23.9 Å². The number of thiazole rings is 1. The summed E-state index contributed by atoms with van der Waals surface area (Å²) in [6.07, 6.45) is -2.74. The number of carbonyl (C=O) groups is 3. The molecule has 4 rings (SSSR count). The molecule has 1 saturated carbocycles. The molecule has 2 fully saturated rings. The topological polar surface area (TPSA) is 135 Å². The highest BCUT2D eigenvalue weighted by Crippen LogP contribution is 2.45. The van der Waals surface area contributed by atoms with Gasteiger partial charge in [0.25, 0.3) is 0 Å². The van der Waals surface area contributed by atoms with Gasteiger partial charge in [0, 0.05) is 0 Å². The number of amides is 3. The van der Waals surface area contributed by atoms with E-state index in [1.54, 1.807) is 44.5 Å². The first-order valence-corrected chi connectivity index (χ1v) is 14.2. The Kier molecular flexibility index (Phi) is 8.07. The zero-order valence-electron chi connectivity index (χ0n) is 23.6. The predicted molar refractivity (Wildman–Crippen MR) is 149 cm³/mol. The lowest BCUT2D eigenvalue weighted by Crippen LogP contribution is -2.59. The lowest BCUT2D eigenvalue weighted by Gasteiger charge is -2.36. The molecule has 2 aromatic rings. The molecule has 2 heterocycles. The van der Waals surface area contributed by atoms with Gasteiger partial charge in [-0.15, -0.1) is 11.3 Å². The molecule has 1 aliphatic heterocycles. The lowest BCUT2D eigenvalue weighted by molar-refractivity contribution is -0.145. The van der Waals surface area contributed by atoms with Crippen LogP contribution in [0.25, 0.3) is 10.4 Å². The Balaban J connectivity index is 1.53. The lowest BCUT2D eigenvalue weighted by atomic mass is 9.85. The Hall–Kier alpha value is -3.36. The summed E-state index contributed by atoms with van der Waals surface area (Å²) in [5, 5.41) is 25.2. The molecule has 40 heavy (non-hydrogen) atoms. The van der Waals surface area contributed by atoms with Crippen molar-refractivity contribution in [3.8, 4) is 16.5 Å². The van der Waals surface area contributed by atoms with Gasteiger partial charge in [-0.25, -0.2) is 9.37 Å². The monoisotopic (exact) mass is 569 g/mol. The second-order valence-electron chi connectivity index (χ2n) is 12.0. The van der Waals surface area contributed by atoms with Crippen LogP contribution in [0.15, 0.2) is 23.7 Å². The highest BCUT2D eigenvalue weighted by atomic mass is 32.1. The van der Waals surface area contributed by atoms with Crippen LogP contribution in [0.3, 0.4) is 0 Å². The number of nitriles is 1. The highest BCUT2D eigenvalue weighted by Gasteiger charge is 2.54. The van der Waals surface area contributed by atoms with Crippen LogP contribution in [0.1, 0.15) is 63.4 Å². The third-order valence-corrected chi connectivity index (χ3v) is 8.81. The fourth-order valence-corrected chi connectivity index (χ4v) is 5.97. The van der Waals surface area contributed by atoms with Crippen molar-refractivity contribution in [2.45, 2.75) is 84.8 Å². The number of benzene rings is 1. The summed E-state index contributed by atoms with van der Waals surface area (Å²) in [5.41, 5.74) is 3.53. The number of hydrogen-bond donors (Lipinski definition) is 3. The number of β-amino-alcohol motifs (C(OH)–C–C–N with tert-alkyl or cyclic N) is 1. The van der Waals surface area contributed by atoms with E-state index in [9.17, 15) is 24.8 Å². The second kappa shape index (κ2) is 10.9. The summed E-state index contributed by atoms with van der Waals surface area (Å²) in [6, 6.07) is 4.67. The third kappa shape index (κ3) is 5.60. The van der Waals surface area contributed by atoms with E-state index in [2.05, 4.69) is 15.6 Å². The van der Waals surface area contributed by atoms with Crippen LogP contribution in [0.4, 0.5) is 4.39 Å². The van der Waals surface area contributed by atoms with Crippen molar-refractivity contribution in [2.24, 2.45) is 10.8 Å². The normalized spacial score (nSPS) is 23.2. The summed E-state index contributed by atoms with van der Waals surface area (Å²) in [5.74, 6) is -1.97. The van der Waals surface area contributed by atoms with E-state index in [1.165, 1.54) is 0 Å². The van der Waals surface area contributed by atoms with Crippen LogP contribution in [0.2, 0.25) is 0 Å². The largest absolute Gasteiger partial charge is 0.388 e. The van der Waals surface area contributed by atoms with Gasteiger partial charge in [-0.05, 0) is 55.7 Å². The highest BCUT2D eigenvalue weighted by molar-refractivity contribution is 7.13. The third-order valence-electron chi connectivity index (χ3n) is 7.83. The van der Waals surface area contributed by atoms with E-state index in [0.29, 0.717) is 12.8 Å². The summed E-state index contributed by atoms with van der Waals surface area (Å²) in [6.45, 7) is 10.5. The molecule has 3 amide bonds. The Labute approximate surface area is 237 Å². The molecule has 11 heteroatoms.